The molecule has 4 heterocycles. The van der Waals surface area contributed by atoms with Crippen LogP contribution < -0.4 is 9.80 Å². The lowest BCUT2D eigenvalue weighted by Gasteiger charge is -2.36. The molecular weight excluding hydrogens is 431 g/mol. The smallest absolute Gasteiger partial charge is 0.256 e. The molecule has 0 unspecified atom stereocenters. The van der Waals surface area contributed by atoms with Crippen LogP contribution in [0.15, 0.2) is 12.1 Å². The number of aromatic nitrogens is 2. The second-order valence-electron chi connectivity index (χ2n) is 7.47. The summed E-state index contributed by atoms with van der Waals surface area (Å²) in [5, 5.41) is 0. The summed E-state index contributed by atoms with van der Waals surface area (Å²) in [7, 11) is 2.14. The van der Waals surface area contributed by atoms with Crippen molar-refractivity contribution in [2.75, 3.05) is 69.2 Å². The molecule has 2 aromatic heterocycles. The number of halogens is 2. The Kier molecular flexibility index (Phi) is 6.15. The van der Waals surface area contributed by atoms with E-state index in [1.54, 1.807) is 6.07 Å². The average Bonchev–Trinajstić information content (AvgIpc) is 3.05. The first-order chi connectivity index (χ1) is 13.9. The highest BCUT2D eigenvalue weighted by molar-refractivity contribution is 7.20. The number of nitrogens with zero attached hydrogens (tertiary/aromatic N) is 6. The van der Waals surface area contributed by atoms with Gasteiger partial charge in [0.05, 0.1) is 9.90 Å². The Morgan fingerprint density at radius 1 is 0.966 bits per heavy atom. The normalized spacial score (nSPS) is 18.4. The van der Waals surface area contributed by atoms with Gasteiger partial charge >= 0.3 is 0 Å². The first kappa shape index (κ1) is 20.7. The number of carbonyl (C=O) groups excluding carboxylic acids is 1. The monoisotopic (exact) mass is 454 g/mol. The minimum Gasteiger partial charge on any atom is -0.354 e. The van der Waals surface area contributed by atoms with E-state index >= 15 is 0 Å². The van der Waals surface area contributed by atoms with Crippen LogP contribution in [0.25, 0.3) is 0 Å². The van der Waals surface area contributed by atoms with E-state index in [9.17, 15) is 4.79 Å². The van der Waals surface area contributed by atoms with E-state index in [-0.39, 0.29) is 5.91 Å². The summed E-state index contributed by atoms with van der Waals surface area (Å²) in [5.41, 5.74) is 1.45. The fourth-order valence-corrected chi connectivity index (χ4v) is 5.09. The molecule has 0 spiro atoms. The first-order valence-corrected chi connectivity index (χ1v) is 11.3. The van der Waals surface area contributed by atoms with Gasteiger partial charge in [0.15, 0.2) is 0 Å². The van der Waals surface area contributed by atoms with Gasteiger partial charge in [0.2, 0.25) is 5.95 Å². The van der Waals surface area contributed by atoms with Gasteiger partial charge in [-0.25, -0.2) is 4.98 Å². The molecule has 156 valence electrons. The minimum atomic E-state index is -0.0684. The molecule has 0 atom stereocenters. The molecular formula is C19H24Cl2N6OS. The zero-order chi connectivity index (χ0) is 20.5. The summed E-state index contributed by atoms with van der Waals surface area (Å²) in [5.74, 6) is 1.66. The summed E-state index contributed by atoms with van der Waals surface area (Å²) in [6.07, 6.45) is 0. The fourth-order valence-electron chi connectivity index (χ4n) is 3.64. The van der Waals surface area contributed by atoms with Gasteiger partial charge in [-0.2, -0.15) is 4.98 Å². The van der Waals surface area contributed by atoms with Crippen LogP contribution in [0.2, 0.25) is 8.67 Å². The third-order valence-corrected chi connectivity index (χ3v) is 6.88. The van der Waals surface area contributed by atoms with Crippen molar-refractivity contribution in [2.24, 2.45) is 0 Å². The predicted molar refractivity (Wildman–Crippen MR) is 119 cm³/mol. The van der Waals surface area contributed by atoms with E-state index in [0.717, 1.165) is 43.6 Å². The van der Waals surface area contributed by atoms with E-state index in [1.165, 1.54) is 11.3 Å². The highest BCUT2D eigenvalue weighted by Gasteiger charge is 2.26. The molecule has 0 bridgehead atoms. The summed E-state index contributed by atoms with van der Waals surface area (Å²) >= 11 is 13.4. The van der Waals surface area contributed by atoms with Crippen LogP contribution in [0.4, 0.5) is 11.8 Å². The van der Waals surface area contributed by atoms with Crippen molar-refractivity contribution >= 4 is 52.2 Å². The highest BCUT2D eigenvalue weighted by atomic mass is 35.5. The molecule has 7 nitrogen and oxygen atoms in total. The number of hydrogen-bond donors (Lipinski definition) is 0. The Balaban J connectivity index is 1.43. The number of likely N-dealkylation sites (N-methyl/N-ethyl adjacent to an activating group) is 1. The molecule has 2 saturated heterocycles. The van der Waals surface area contributed by atoms with Crippen molar-refractivity contribution in [3.05, 3.63) is 32.1 Å². The number of hydrogen-bond acceptors (Lipinski definition) is 7. The third-order valence-electron chi connectivity index (χ3n) is 5.39. The molecule has 10 heteroatoms. The lowest BCUT2D eigenvalue weighted by atomic mass is 10.2. The molecule has 29 heavy (non-hydrogen) atoms. The van der Waals surface area contributed by atoms with Crippen LogP contribution in [0, 0.1) is 6.92 Å². The predicted octanol–water partition coefficient (Wildman–Crippen LogP) is 2.87. The Labute approximate surface area is 184 Å². The Bertz CT molecular complexity index is 891. The van der Waals surface area contributed by atoms with Gasteiger partial charge in [0.1, 0.15) is 10.2 Å². The van der Waals surface area contributed by atoms with Gasteiger partial charge in [0.25, 0.3) is 5.91 Å². The van der Waals surface area contributed by atoms with E-state index < -0.39 is 0 Å². The van der Waals surface area contributed by atoms with Crippen molar-refractivity contribution in [1.82, 2.24) is 19.8 Å². The van der Waals surface area contributed by atoms with E-state index in [4.69, 9.17) is 28.2 Å². The highest BCUT2D eigenvalue weighted by Crippen LogP contribution is 2.32. The molecule has 4 rings (SSSR count). The van der Waals surface area contributed by atoms with Crippen molar-refractivity contribution in [3.8, 4) is 0 Å². The largest absolute Gasteiger partial charge is 0.354 e. The molecule has 2 fully saturated rings. The van der Waals surface area contributed by atoms with Crippen molar-refractivity contribution in [3.63, 3.8) is 0 Å². The molecule has 1 amide bonds. The van der Waals surface area contributed by atoms with Gasteiger partial charge in [-0.05, 0) is 20.0 Å². The van der Waals surface area contributed by atoms with Gasteiger partial charge < -0.3 is 19.6 Å². The van der Waals surface area contributed by atoms with E-state index in [1.807, 2.05) is 11.8 Å². The Hall–Kier alpha value is -1.61. The van der Waals surface area contributed by atoms with E-state index in [2.05, 4.69) is 32.8 Å². The second kappa shape index (κ2) is 8.63. The van der Waals surface area contributed by atoms with Gasteiger partial charge in [0, 0.05) is 64.1 Å². The van der Waals surface area contributed by atoms with Gasteiger partial charge in [-0.3, -0.25) is 4.79 Å². The standard InChI is InChI=1S/C19H24Cl2N6OS/c1-13-11-16(25-5-3-24(2)4-6-25)23-19(22-13)27-9-7-26(8-10-27)18(28)14-12-15(20)29-17(14)21/h11-12H,3-10H2,1-2H3. The lowest BCUT2D eigenvalue weighted by Crippen LogP contribution is -2.49. The van der Waals surface area contributed by atoms with Crippen LogP contribution in [-0.2, 0) is 0 Å². The van der Waals surface area contributed by atoms with E-state index in [0.29, 0.717) is 40.4 Å². The van der Waals surface area contributed by atoms with Crippen molar-refractivity contribution < 1.29 is 4.79 Å². The average molecular weight is 455 g/mol. The van der Waals surface area contributed by atoms with Gasteiger partial charge in [-0.1, -0.05) is 23.2 Å². The van der Waals surface area contributed by atoms with Crippen LogP contribution in [0.5, 0.6) is 0 Å². The molecule has 2 aromatic rings. The van der Waals surface area contributed by atoms with Gasteiger partial charge in [-0.15, -0.1) is 11.3 Å². The number of piperazine rings is 2. The second-order valence-corrected chi connectivity index (χ2v) is 9.76. The molecule has 0 aromatic carbocycles. The maximum Gasteiger partial charge on any atom is 0.256 e. The molecule has 0 N–H and O–H groups in total. The fraction of sp³-hybridized carbons (Fsp3) is 0.526. The maximum absolute atomic E-state index is 12.7. The summed E-state index contributed by atoms with van der Waals surface area (Å²) in [6, 6.07) is 3.70. The van der Waals surface area contributed by atoms with Crippen LogP contribution in [0.3, 0.4) is 0 Å². The molecule has 2 aliphatic heterocycles. The third kappa shape index (κ3) is 4.60. The zero-order valence-electron chi connectivity index (χ0n) is 16.6. The number of amides is 1. The van der Waals surface area contributed by atoms with Crippen LogP contribution >= 0.6 is 34.5 Å². The quantitative estimate of drug-likeness (QED) is 0.710. The van der Waals surface area contributed by atoms with Crippen LogP contribution in [-0.4, -0.2) is 85.1 Å². The topological polar surface area (TPSA) is 55.8 Å². The Morgan fingerprint density at radius 2 is 1.62 bits per heavy atom. The van der Waals surface area contributed by atoms with Crippen LogP contribution in [0.1, 0.15) is 16.1 Å². The molecule has 2 aliphatic rings. The first-order valence-electron chi connectivity index (χ1n) is 9.69. The maximum atomic E-state index is 12.7. The summed E-state index contributed by atoms with van der Waals surface area (Å²) in [4.78, 5) is 30.8. The number of anilines is 2. The zero-order valence-corrected chi connectivity index (χ0v) is 18.9. The molecule has 0 saturated carbocycles. The SMILES string of the molecule is Cc1cc(N2CCN(C)CC2)nc(N2CCN(C(=O)c3cc(Cl)sc3Cl)CC2)n1. The summed E-state index contributed by atoms with van der Waals surface area (Å²) < 4.78 is 0.975. The number of aryl methyl sites for hydroxylation is 1. The minimum absolute atomic E-state index is 0.0684. The Morgan fingerprint density at radius 3 is 2.24 bits per heavy atom. The molecule has 0 radical (unpaired) electrons. The molecule has 0 aliphatic carbocycles. The lowest BCUT2D eigenvalue weighted by molar-refractivity contribution is 0.0747. The van der Waals surface area contributed by atoms with Crippen molar-refractivity contribution in [2.45, 2.75) is 6.92 Å². The number of thiophene rings is 1. The number of rotatable bonds is 3. The summed E-state index contributed by atoms with van der Waals surface area (Å²) in [6.45, 7) is 8.60. The van der Waals surface area contributed by atoms with Crippen molar-refractivity contribution in [1.29, 1.82) is 0 Å². The number of carbonyl (C=O) groups is 1.